The van der Waals surface area contributed by atoms with Crippen molar-refractivity contribution in [2.75, 3.05) is 9.80 Å². The highest BCUT2D eigenvalue weighted by Crippen LogP contribution is 2.56. The summed E-state index contributed by atoms with van der Waals surface area (Å²) in [7, 11) is 0. The zero-order valence-electron chi connectivity index (χ0n) is 34.7. The number of thiazole rings is 2. The summed E-state index contributed by atoms with van der Waals surface area (Å²) >= 11 is 3.47. The molecule has 63 heavy (non-hydrogen) atoms. The zero-order chi connectivity index (χ0) is 42.1. The lowest BCUT2D eigenvalue weighted by Gasteiger charge is -2.30. The van der Waals surface area contributed by atoms with Crippen molar-refractivity contribution in [2.24, 2.45) is 0 Å². The minimum Gasteiger partial charge on any atom is -0.310 e. The number of hydrogen-bond donors (Lipinski definition) is 0. The average molecular weight is 845 g/mol. The third-order valence-electron chi connectivity index (χ3n) is 12.5. The smallest absolute Gasteiger partial charge is 0.124 e. The maximum Gasteiger partial charge on any atom is 0.124 e. The molecular weight excluding hydrogens is 805 g/mol. The Hall–Kier alpha value is -7.38. The second kappa shape index (κ2) is 14.9. The lowest BCUT2D eigenvalue weighted by atomic mass is 9.81. The first-order chi connectivity index (χ1) is 31.0. The molecule has 0 saturated heterocycles. The van der Waals surface area contributed by atoms with Crippen LogP contribution in [-0.4, -0.2) is 9.97 Å². The molecule has 11 aromatic rings. The van der Waals surface area contributed by atoms with Crippen LogP contribution in [0.3, 0.4) is 0 Å². The highest BCUT2D eigenvalue weighted by atomic mass is 32.1. The van der Waals surface area contributed by atoms with E-state index in [4.69, 9.17) is 9.97 Å². The normalized spacial score (nSPS) is 12.7. The van der Waals surface area contributed by atoms with Crippen LogP contribution in [0, 0.1) is 0 Å². The molecule has 6 heteroatoms. The third kappa shape index (κ3) is 6.33. The Morgan fingerprint density at radius 3 is 1.43 bits per heavy atom. The monoisotopic (exact) mass is 844 g/mol. The van der Waals surface area contributed by atoms with E-state index in [1.165, 1.54) is 42.4 Å². The highest BCUT2D eigenvalue weighted by Gasteiger charge is 2.38. The van der Waals surface area contributed by atoms with Crippen molar-refractivity contribution in [3.8, 4) is 32.3 Å². The summed E-state index contributed by atoms with van der Waals surface area (Å²) in [5, 5.41) is 4.53. The Kier molecular flexibility index (Phi) is 8.85. The lowest BCUT2D eigenvalue weighted by molar-refractivity contribution is 0.661. The van der Waals surface area contributed by atoms with Gasteiger partial charge in [-0.1, -0.05) is 105 Å². The van der Waals surface area contributed by atoms with Crippen molar-refractivity contribution < 1.29 is 0 Å². The molecule has 0 unspecified atom stereocenters. The molecule has 300 valence electrons. The molecule has 0 radical (unpaired) electrons. The van der Waals surface area contributed by atoms with Gasteiger partial charge in [-0.2, -0.15) is 0 Å². The molecule has 4 nitrogen and oxygen atoms in total. The van der Waals surface area contributed by atoms with Crippen molar-refractivity contribution >= 4 is 88.0 Å². The van der Waals surface area contributed by atoms with Crippen LogP contribution < -0.4 is 9.80 Å². The first-order valence-electron chi connectivity index (χ1n) is 21.3. The van der Waals surface area contributed by atoms with E-state index in [9.17, 15) is 0 Å². The molecule has 0 bridgehead atoms. The van der Waals surface area contributed by atoms with Gasteiger partial charge < -0.3 is 9.80 Å². The number of fused-ring (bicyclic) bond motifs is 7. The Labute approximate surface area is 374 Å². The predicted octanol–water partition coefficient (Wildman–Crippen LogP) is 16.6. The maximum atomic E-state index is 4.96. The Morgan fingerprint density at radius 2 is 0.857 bits per heavy atom. The van der Waals surface area contributed by atoms with Gasteiger partial charge in [0.25, 0.3) is 0 Å². The van der Waals surface area contributed by atoms with E-state index in [0.29, 0.717) is 0 Å². The fraction of sp³-hybridized carbons (Fsp3) is 0.0526. The van der Waals surface area contributed by atoms with Crippen molar-refractivity contribution in [1.29, 1.82) is 0 Å². The van der Waals surface area contributed by atoms with Crippen molar-refractivity contribution in [3.05, 3.63) is 217 Å². The summed E-state index contributed by atoms with van der Waals surface area (Å²) in [6, 6.07) is 74.4. The maximum absolute atomic E-state index is 4.96. The van der Waals surface area contributed by atoms with Crippen LogP contribution >= 0.6 is 22.7 Å². The molecule has 0 atom stereocenters. The van der Waals surface area contributed by atoms with Gasteiger partial charge in [0.05, 0.1) is 26.1 Å². The lowest BCUT2D eigenvalue weighted by Crippen LogP contribution is -2.18. The Bertz CT molecular complexity index is 3410. The summed E-state index contributed by atoms with van der Waals surface area (Å²) in [6.45, 7) is 4.78. The molecule has 0 saturated carbocycles. The van der Waals surface area contributed by atoms with Crippen molar-refractivity contribution in [1.82, 2.24) is 9.97 Å². The Balaban J connectivity index is 0.965. The van der Waals surface area contributed by atoms with Gasteiger partial charge in [-0.05, 0) is 143 Å². The van der Waals surface area contributed by atoms with Gasteiger partial charge in [0.2, 0.25) is 0 Å². The molecule has 1 aliphatic carbocycles. The van der Waals surface area contributed by atoms with E-state index in [1.54, 1.807) is 22.7 Å². The van der Waals surface area contributed by atoms with Crippen molar-refractivity contribution in [2.45, 2.75) is 19.3 Å². The number of anilines is 6. The summed E-state index contributed by atoms with van der Waals surface area (Å²) in [6.07, 6.45) is 0. The summed E-state index contributed by atoms with van der Waals surface area (Å²) < 4.78 is 2.40. The van der Waals surface area contributed by atoms with Crippen LogP contribution in [0.5, 0.6) is 0 Å². The van der Waals surface area contributed by atoms with Gasteiger partial charge >= 0.3 is 0 Å². The second-order valence-corrected chi connectivity index (χ2v) is 18.7. The number of para-hydroxylation sites is 4. The van der Waals surface area contributed by atoms with Gasteiger partial charge in [0.1, 0.15) is 10.0 Å². The van der Waals surface area contributed by atoms with Crippen molar-refractivity contribution in [3.63, 3.8) is 0 Å². The first kappa shape index (κ1) is 37.4. The van der Waals surface area contributed by atoms with Crippen LogP contribution in [-0.2, 0) is 5.41 Å². The van der Waals surface area contributed by atoms with Crippen LogP contribution in [0.25, 0.3) is 63.5 Å². The summed E-state index contributed by atoms with van der Waals surface area (Å²) in [4.78, 5) is 14.7. The quantitative estimate of drug-likeness (QED) is 0.153. The standard InChI is InChI=1S/C57H40N4S2/c1-57(2)47-35-43(60(39-15-5-3-6-16-39)41-29-25-37(26-30-41)55-58-49-21-11-13-23-52(49)62-55)33-34-46(47)54-45-20-10-9-19-44(45)51(36-48(54)57)61(40-17-7-4-8-18-40)42-31-27-38(28-32-42)56-59-50-22-12-14-24-53(50)63-56/h3-36H,1-2H3. The van der Waals surface area contributed by atoms with E-state index in [2.05, 4.69) is 230 Å². The first-order valence-corrected chi connectivity index (χ1v) is 22.9. The molecule has 1 aliphatic rings. The number of hydrogen-bond acceptors (Lipinski definition) is 6. The molecule has 2 heterocycles. The number of benzene rings is 9. The van der Waals surface area contributed by atoms with E-state index in [0.717, 1.165) is 66.3 Å². The number of aromatic nitrogens is 2. The van der Waals surface area contributed by atoms with Gasteiger partial charge in [0, 0.05) is 50.4 Å². The van der Waals surface area contributed by atoms with Gasteiger partial charge in [-0.15, -0.1) is 22.7 Å². The number of nitrogens with zero attached hydrogens (tertiary/aromatic N) is 4. The molecule has 2 aromatic heterocycles. The average Bonchev–Trinajstić information content (AvgIpc) is 4.03. The Morgan fingerprint density at radius 1 is 0.397 bits per heavy atom. The molecule has 0 N–H and O–H groups in total. The van der Waals surface area contributed by atoms with E-state index < -0.39 is 0 Å². The van der Waals surface area contributed by atoms with Crippen LogP contribution in [0.2, 0.25) is 0 Å². The number of rotatable bonds is 8. The summed E-state index contributed by atoms with van der Waals surface area (Å²) in [5.74, 6) is 0. The molecule has 12 rings (SSSR count). The zero-order valence-corrected chi connectivity index (χ0v) is 36.4. The summed E-state index contributed by atoms with van der Waals surface area (Å²) in [5.41, 5.74) is 15.9. The SMILES string of the molecule is CC1(C)c2cc(N(c3ccccc3)c3ccc(-c4nc5ccccc5s4)cc3)ccc2-c2c1cc(N(c1ccccc1)c1ccc(-c3nc4ccccc4s3)cc1)c1ccccc21. The van der Waals surface area contributed by atoms with E-state index >= 15 is 0 Å². The fourth-order valence-corrected chi connectivity index (χ4v) is 11.3. The van der Waals surface area contributed by atoms with E-state index in [-0.39, 0.29) is 5.41 Å². The molecule has 0 amide bonds. The fourth-order valence-electron chi connectivity index (χ4n) is 9.40. The molecule has 0 fully saturated rings. The highest BCUT2D eigenvalue weighted by molar-refractivity contribution is 7.22. The van der Waals surface area contributed by atoms with Crippen LogP contribution in [0.15, 0.2) is 206 Å². The molecule has 0 spiro atoms. The second-order valence-electron chi connectivity index (χ2n) is 16.6. The third-order valence-corrected chi connectivity index (χ3v) is 14.7. The minimum atomic E-state index is -0.294. The molecule has 0 aliphatic heterocycles. The topological polar surface area (TPSA) is 32.3 Å². The minimum absolute atomic E-state index is 0.294. The largest absolute Gasteiger partial charge is 0.310 e. The van der Waals surface area contributed by atoms with E-state index in [1.807, 2.05) is 0 Å². The predicted molar refractivity (Wildman–Crippen MR) is 268 cm³/mol. The van der Waals surface area contributed by atoms with Gasteiger partial charge in [0.15, 0.2) is 0 Å². The van der Waals surface area contributed by atoms with Crippen LogP contribution in [0.1, 0.15) is 25.0 Å². The van der Waals surface area contributed by atoms with Gasteiger partial charge in [-0.25, -0.2) is 9.97 Å². The van der Waals surface area contributed by atoms with Gasteiger partial charge in [-0.3, -0.25) is 0 Å². The molecular formula is C57H40N4S2. The van der Waals surface area contributed by atoms with Crippen LogP contribution in [0.4, 0.5) is 34.1 Å². The molecule has 9 aromatic carbocycles.